The Morgan fingerprint density at radius 1 is 1.39 bits per heavy atom. The first-order valence-corrected chi connectivity index (χ1v) is 6.66. The van der Waals surface area contributed by atoms with Crippen LogP contribution in [0.5, 0.6) is 0 Å². The molecule has 18 heavy (non-hydrogen) atoms. The fourth-order valence-corrected chi connectivity index (χ4v) is 2.93. The van der Waals surface area contributed by atoms with Crippen LogP contribution in [0.25, 0.3) is 0 Å². The number of carboxylic acids is 1. The summed E-state index contributed by atoms with van der Waals surface area (Å²) in [6.07, 6.45) is 1.78. The monoisotopic (exact) mass is 255 g/mol. The van der Waals surface area contributed by atoms with E-state index in [1.165, 1.54) is 0 Å². The summed E-state index contributed by atoms with van der Waals surface area (Å²) in [6.45, 7) is 4.68. The van der Waals surface area contributed by atoms with E-state index in [1.54, 1.807) is 0 Å². The second-order valence-electron chi connectivity index (χ2n) is 5.48. The molecular weight excluding hydrogens is 234 g/mol. The maximum Gasteiger partial charge on any atom is 0.303 e. The highest BCUT2D eigenvalue weighted by Crippen LogP contribution is 2.27. The summed E-state index contributed by atoms with van der Waals surface area (Å²) < 4.78 is 5.35. The highest BCUT2D eigenvalue weighted by Gasteiger charge is 2.35. The molecule has 3 atom stereocenters. The number of rotatable bonds is 3. The first kappa shape index (κ1) is 13.3. The van der Waals surface area contributed by atoms with Crippen LogP contribution in [0.2, 0.25) is 0 Å². The van der Waals surface area contributed by atoms with Crippen molar-refractivity contribution < 1.29 is 19.4 Å². The quantitative estimate of drug-likeness (QED) is 0.816. The molecule has 1 N–H and O–H groups in total. The van der Waals surface area contributed by atoms with Crippen LogP contribution in [0.1, 0.15) is 26.2 Å². The van der Waals surface area contributed by atoms with Crippen molar-refractivity contribution in [2.75, 3.05) is 26.3 Å². The van der Waals surface area contributed by atoms with Crippen molar-refractivity contribution in [2.24, 2.45) is 17.8 Å². The van der Waals surface area contributed by atoms with Crippen molar-refractivity contribution >= 4 is 11.9 Å². The number of carboxylic acid groups (broad SMARTS) is 1. The molecule has 102 valence electrons. The van der Waals surface area contributed by atoms with Gasteiger partial charge in [0.1, 0.15) is 0 Å². The highest BCUT2D eigenvalue weighted by molar-refractivity contribution is 5.79. The molecule has 0 aromatic rings. The van der Waals surface area contributed by atoms with Crippen molar-refractivity contribution in [3.05, 3.63) is 0 Å². The highest BCUT2D eigenvalue weighted by atomic mass is 16.5. The number of likely N-dealkylation sites (tertiary alicyclic amines) is 1. The van der Waals surface area contributed by atoms with Gasteiger partial charge in [-0.25, -0.2) is 0 Å². The zero-order valence-electron chi connectivity index (χ0n) is 10.8. The normalized spacial score (nSPS) is 32.5. The van der Waals surface area contributed by atoms with Gasteiger partial charge in [0.05, 0.1) is 0 Å². The minimum atomic E-state index is -0.770. The Kier molecular flexibility index (Phi) is 4.22. The molecule has 2 aliphatic rings. The topological polar surface area (TPSA) is 66.8 Å². The third-order valence-corrected chi connectivity index (χ3v) is 4.02. The fraction of sp³-hybridized carbons (Fsp3) is 0.846. The first-order chi connectivity index (χ1) is 8.58. The summed E-state index contributed by atoms with van der Waals surface area (Å²) in [5.41, 5.74) is 0. The standard InChI is InChI=1S/C13H21NO4/c1-9-8-18-5-3-11(9)13(17)14-4-2-10(7-14)6-12(15)16/h9-11H,2-8H2,1H3,(H,15,16). The van der Waals surface area contributed by atoms with E-state index in [0.717, 1.165) is 12.8 Å². The van der Waals surface area contributed by atoms with Gasteiger partial charge in [-0.3, -0.25) is 9.59 Å². The van der Waals surface area contributed by atoms with Gasteiger partial charge in [-0.1, -0.05) is 6.92 Å². The third kappa shape index (κ3) is 3.02. The minimum absolute atomic E-state index is 0.0577. The van der Waals surface area contributed by atoms with Gasteiger partial charge < -0.3 is 14.7 Å². The lowest BCUT2D eigenvalue weighted by molar-refractivity contribution is -0.141. The Morgan fingerprint density at radius 3 is 2.83 bits per heavy atom. The molecule has 5 nitrogen and oxygen atoms in total. The Labute approximate surface area is 107 Å². The summed E-state index contributed by atoms with van der Waals surface area (Å²) >= 11 is 0. The molecular formula is C13H21NO4. The van der Waals surface area contributed by atoms with Crippen molar-refractivity contribution in [2.45, 2.75) is 26.2 Å². The number of aliphatic carboxylic acids is 1. The van der Waals surface area contributed by atoms with Gasteiger partial charge in [-0.2, -0.15) is 0 Å². The molecule has 2 heterocycles. The van der Waals surface area contributed by atoms with Crippen LogP contribution in [0, 0.1) is 17.8 Å². The van der Waals surface area contributed by atoms with Crippen LogP contribution < -0.4 is 0 Å². The molecule has 0 aromatic carbocycles. The lowest BCUT2D eigenvalue weighted by Gasteiger charge is -2.31. The summed E-state index contributed by atoms with van der Waals surface area (Å²) in [7, 11) is 0. The molecule has 0 aliphatic carbocycles. The number of amides is 1. The third-order valence-electron chi connectivity index (χ3n) is 4.02. The van der Waals surface area contributed by atoms with E-state index in [1.807, 2.05) is 11.8 Å². The Hall–Kier alpha value is -1.10. The van der Waals surface area contributed by atoms with Crippen LogP contribution in [0.3, 0.4) is 0 Å². The number of hydrogen-bond acceptors (Lipinski definition) is 3. The van der Waals surface area contributed by atoms with Gasteiger partial charge >= 0.3 is 5.97 Å². The molecule has 5 heteroatoms. The molecule has 0 radical (unpaired) electrons. The minimum Gasteiger partial charge on any atom is -0.481 e. The van der Waals surface area contributed by atoms with Crippen LogP contribution in [-0.4, -0.2) is 48.2 Å². The zero-order valence-corrected chi connectivity index (χ0v) is 10.8. The molecule has 0 aromatic heterocycles. The van der Waals surface area contributed by atoms with E-state index in [0.29, 0.717) is 26.3 Å². The van der Waals surface area contributed by atoms with Gasteiger partial charge in [-0.15, -0.1) is 0 Å². The average molecular weight is 255 g/mol. The van der Waals surface area contributed by atoms with E-state index in [-0.39, 0.29) is 30.1 Å². The summed E-state index contributed by atoms with van der Waals surface area (Å²) in [4.78, 5) is 24.9. The lowest BCUT2D eigenvalue weighted by Crippen LogP contribution is -2.41. The van der Waals surface area contributed by atoms with Gasteiger partial charge in [0.25, 0.3) is 0 Å². The molecule has 0 bridgehead atoms. The maximum atomic E-state index is 12.4. The number of hydrogen-bond donors (Lipinski definition) is 1. The van der Waals surface area contributed by atoms with Gasteiger partial charge in [0.2, 0.25) is 5.91 Å². The van der Waals surface area contributed by atoms with Crippen LogP contribution in [0.4, 0.5) is 0 Å². The van der Waals surface area contributed by atoms with Crippen molar-refractivity contribution in [1.82, 2.24) is 4.90 Å². The van der Waals surface area contributed by atoms with E-state index in [4.69, 9.17) is 9.84 Å². The number of nitrogens with zero attached hydrogens (tertiary/aromatic N) is 1. The molecule has 0 saturated carbocycles. The van der Waals surface area contributed by atoms with Crippen molar-refractivity contribution in [1.29, 1.82) is 0 Å². The fourth-order valence-electron chi connectivity index (χ4n) is 2.93. The molecule has 1 amide bonds. The summed E-state index contributed by atoms with van der Waals surface area (Å²) in [5, 5.41) is 8.77. The average Bonchev–Trinajstić information content (AvgIpc) is 2.76. The lowest BCUT2D eigenvalue weighted by atomic mass is 9.89. The van der Waals surface area contributed by atoms with E-state index in [9.17, 15) is 9.59 Å². The molecule has 2 fully saturated rings. The summed E-state index contributed by atoms with van der Waals surface area (Å²) in [5.74, 6) is -0.124. The number of ether oxygens (including phenoxy) is 1. The van der Waals surface area contributed by atoms with Gasteiger partial charge in [-0.05, 0) is 24.7 Å². The van der Waals surface area contributed by atoms with Crippen LogP contribution >= 0.6 is 0 Å². The Bertz CT molecular complexity index is 331. The molecule has 2 saturated heterocycles. The largest absolute Gasteiger partial charge is 0.481 e. The van der Waals surface area contributed by atoms with Gasteiger partial charge in [0, 0.05) is 38.6 Å². The predicted octanol–water partition coefficient (Wildman–Crippen LogP) is 0.982. The van der Waals surface area contributed by atoms with Gasteiger partial charge in [0.15, 0.2) is 0 Å². The number of carbonyl (C=O) groups is 2. The number of carbonyl (C=O) groups excluding carboxylic acids is 1. The smallest absolute Gasteiger partial charge is 0.303 e. The zero-order chi connectivity index (χ0) is 13.1. The van der Waals surface area contributed by atoms with Crippen LogP contribution in [0.15, 0.2) is 0 Å². The van der Waals surface area contributed by atoms with E-state index >= 15 is 0 Å². The van der Waals surface area contributed by atoms with Crippen LogP contribution in [-0.2, 0) is 14.3 Å². The summed E-state index contributed by atoms with van der Waals surface area (Å²) in [6, 6.07) is 0. The van der Waals surface area contributed by atoms with Crippen molar-refractivity contribution in [3.63, 3.8) is 0 Å². The first-order valence-electron chi connectivity index (χ1n) is 6.66. The Morgan fingerprint density at radius 2 is 2.17 bits per heavy atom. The second kappa shape index (κ2) is 5.69. The molecule has 0 spiro atoms. The van der Waals surface area contributed by atoms with Crippen molar-refractivity contribution in [3.8, 4) is 0 Å². The molecule has 2 rings (SSSR count). The maximum absolute atomic E-state index is 12.4. The molecule has 2 aliphatic heterocycles. The van der Waals surface area contributed by atoms with E-state index < -0.39 is 5.97 Å². The second-order valence-corrected chi connectivity index (χ2v) is 5.48. The van der Waals surface area contributed by atoms with E-state index in [2.05, 4.69) is 0 Å². The SMILES string of the molecule is CC1COCCC1C(=O)N1CCC(CC(=O)O)C1. The predicted molar refractivity (Wildman–Crippen MR) is 65.0 cm³/mol. The molecule has 3 unspecified atom stereocenters. The Balaban J connectivity index is 1.88.